The van der Waals surface area contributed by atoms with Crippen LogP contribution in [0.2, 0.25) is 0 Å². The van der Waals surface area contributed by atoms with Crippen molar-refractivity contribution in [3.63, 3.8) is 0 Å². The first-order chi connectivity index (χ1) is 12.5. The minimum absolute atomic E-state index is 0.0304. The van der Waals surface area contributed by atoms with E-state index in [-0.39, 0.29) is 11.9 Å². The molecule has 0 radical (unpaired) electrons. The molecule has 1 aliphatic heterocycles. The average molecular weight is 348 g/mol. The summed E-state index contributed by atoms with van der Waals surface area (Å²) in [7, 11) is 0. The van der Waals surface area contributed by atoms with Gasteiger partial charge < -0.3 is 4.90 Å². The molecule has 2 aromatic heterocycles. The van der Waals surface area contributed by atoms with Crippen LogP contribution in [-0.2, 0) is 6.54 Å². The van der Waals surface area contributed by atoms with Crippen LogP contribution in [0.3, 0.4) is 0 Å². The zero-order valence-electron chi connectivity index (χ0n) is 15.6. The maximum Gasteiger partial charge on any atom is 0.272 e. The summed E-state index contributed by atoms with van der Waals surface area (Å²) in [6, 6.07) is 12.2. The van der Waals surface area contributed by atoms with Crippen molar-refractivity contribution in [2.24, 2.45) is 0 Å². The number of rotatable bonds is 3. The largest absolute Gasteiger partial charge is 0.332 e. The first-order valence-corrected chi connectivity index (χ1v) is 9.21. The maximum atomic E-state index is 13.2. The van der Waals surface area contributed by atoms with Gasteiger partial charge >= 0.3 is 0 Å². The second kappa shape index (κ2) is 6.56. The van der Waals surface area contributed by atoms with Gasteiger partial charge in [0.25, 0.3) is 5.91 Å². The summed E-state index contributed by atoms with van der Waals surface area (Å²) in [6.07, 6.45) is 2.04. The second-order valence-electron chi connectivity index (χ2n) is 7.25. The first kappa shape index (κ1) is 16.8. The van der Waals surface area contributed by atoms with Gasteiger partial charge in [-0.15, -0.1) is 0 Å². The van der Waals surface area contributed by atoms with Crippen molar-refractivity contribution < 1.29 is 4.79 Å². The molecule has 5 nitrogen and oxygen atoms in total. The van der Waals surface area contributed by atoms with Crippen LogP contribution in [0.4, 0.5) is 0 Å². The van der Waals surface area contributed by atoms with E-state index in [0.717, 1.165) is 53.8 Å². The Morgan fingerprint density at radius 1 is 1.19 bits per heavy atom. The van der Waals surface area contributed by atoms with Gasteiger partial charge in [0.2, 0.25) is 0 Å². The van der Waals surface area contributed by atoms with E-state index in [4.69, 9.17) is 0 Å². The highest BCUT2D eigenvalue weighted by atomic mass is 16.2. The van der Waals surface area contributed by atoms with E-state index in [0.29, 0.717) is 5.69 Å². The van der Waals surface area contributed by atoms with E-state index in [9.17, 15) is 4.79 Å². The summed E-state index contributed by atoms with van der Waals surface area (Å²) in [4.78, 5) is 19.8. The van der Waals surface area contributed by atoms with E-state index >= 15 is 0 Å². The fourth-order valence-corrected chi connectivity index (χ4v) is 3.96. The lowest BCUT2D eigenvalue weighted by Gasteiger charge is -2.25. The van der Waals surface area contributed by atoms with Crippen molar-refractivity contribution >= 4 is 16.8 Å². The van der Waals surface area contributed by atoms with Crippen LogP contribution in [-0.4, -0.2) is 38.2 Å². The molecule has 1 aromatic carbocycles. The Morgan fingerprint density at radius 2 is 2.00 bits per heavy atom. The first-order valence-electron chi connectivity index (χ1n) is 9.21. The average Bonchev–Trinajstić information content (AvgIpc) is 3.20. The van der Waals surface area contributed by atoms with Gasteiger partial charge in [-0.25, -0.2) is 4.98 Å². The van der Waals surface area contributed by atoms with Crippen molar-refractivity contribution in [1.29, 1.82) is 0 Å². The number of pyridine rings is 1. The fourth-order valence-electron chi connectivity index (χ4n) is 3.96. The van der Waals surface area contributed by atoms with Crippen molar-refractivity contribution in [1.82, 2.24) is 19.7 Å². The van der Waals surface area contributed by atoms with Crippen molar-refractivity contribution in [3.8, 4) is 0 Å². The van der Waals surface area contributed by atoms with Crippen LogP contribution in [0.5, 0.6) is 0 Å². The van der Waals surface area contributed by atoms with E-state index in [1.807, 2.05) is 53.8 Å². The quantitative estimate of drug-likeness (QED) is 0.726. The van der Waals surface area contributed by atoms with Crippen molar-refractivity contribution in [2.75, 3.05) is 6.54 Å². The Kier molecular flexibility index (Phi) is 4.23. The lowest BCUT2D eigenvalue weighted by Crippen LogP contribution is -2.38. The Balaban J connectivity index is 1.61. The van der Waals surface area contributed by atoms with Crippen molar-refractivity contribution in [2.45, 2.75) is 46.2 Å². The molecule has 26 heavy (non-hydrogen) atoms. The molecule has 0 saturated carbocycles. The zero-order chi connectivity index (χ0) is 18.3. The number of aromatic nitrogens is 3. The molecule has 1 atom stereocenters. The number of likely N-dealkylation sites (tertiary alicyclic amines) is 1. The Hall–Kier alpha value is -2.69. The van der Waals surface area contributed by atoms with E-state index in [1.165, 1.54) is 0 Å². The number of para-hydroxylation sites is 1. The molecule has 134 valence electrons. The molecule has 4 rings (SSSR count). The van der Waals surface area contributed by atoms with E-state index in [2.05, 4.69) is 23.1 Å². The predicted octanol–water partition coefficient (Wildman–Crippen LogP) is 3.66. The van der Waals surface area contributed by atoms with Crippen LogP contribution in [0.25, 0.3) is 10.9 Å². The molecular formula is C21H24N4O. The number of fused-ring (bicyclic) bond motifs is 1. The Labute approximate surface area is 153 Å². The van der Waals surface area contributed by atoms with Gasteiger partial charge in [-0.2, -0.15) is 5.10 Å². The van der Waals surface area contributed by atoms with Gasteiger partial charge in [0.15, 0.2) is 0 Å². The maximum absolute atomic E-state index is 13.2. The topological polar surface area (TPSA) is 51.0 Å². The van der Waals surface area contributed by atoms with Gasteiger partial charge in [-0.1, -0.05) is 18.2 Å². The number of benzene rings is 1. The third kappa shape index (κ3) is 2.98. The third-order valence-electron chi connectivity index (χ3n) is 5.27. The van der Waals surface area contributed by atoms with Gasteiger partial charge in [-0.05, 0) is 57.4 Å². The van der Waals surface area contributed by atoms with E-state index in [1.54, 1.807) is 0 Å². The smallest absolute Gasteiger partial charge is 0.272 e. The molecule has 1 saturated heterocycles. The highest BCUT2D eigenvalue weighted by Gasteiger charge is 2.31. The van der Waals surface area contributed by atoms with Gasteiger partial charge in [0, 0.05) is 17.6 Å². The molecule has 3 heterocycles. The zero-order valence-corrected chi connectivity index (χ0v) is 15.6. The minimum Gasteiger partial charge on any atom is -0.332 e. The van der Waals surface area contributed by atoms with Gasteiger partial charge in [-0.3, -0.25) is 9.48 Å². The molecule has 0 spiro atoms. The Morgan fingerprint density at radius 3 is 2.77 bits per heavy atom. The number of nitrogens with zero attached hydrogens (tertiary/aromatic N) is 4. The lowest BCUT2D eigenvalue weighted by atomic mass is 10.1. The minimum atomic E-state index is 0.0304. The molecular weight excluding hydrogens is 324 g/mol. The number of carbonyl (C=O) groups is 1. The molecule has 3 aromatic rings. The molecule has 1 amide bonds. The number of carbonyl (C=O) groups excluding carboxylic acids is 1. The molecule has 0 unspecified atom stereocenters. The van der Waals surface area contributed by atoms with Crippen LogP contribution in [0.15, 0.2) is 36.4 Å². The molecule has 0 aliphatic carbocycles. The summed E-state index contributed by atoms with van der Waals surface area (Å²) >= 11 is 0. The lowest BCUT2D eigenvalue weighted by molar-refractivity contribution is 0.0715. The summed E-state index contributed by atoms with van der Waals surface area (Å²) < 4.78 is 2.02. The standard InChI is InChI=1S/C21H24N4O/c1-14-11-20(22-19-9-5-4-8-18(14)19)21(26)24-10-6-7-17(24)13-25-16(3)12-15(2)23-25/h4-5,8-9,11-12,17H,6-7,10,13H2,1-3H3/t17-/m0/s1. The highest BCUT2D eigenvalue weighted by Crippen LogP contribution is 2.24. The van der Waals surface area contributed by atoms with Crippen LogP contribution >= 0.6 is 0 Å². The van der Waals surface area contributed by atoms with Gasteiger partial charge in [0.1, 0.15) is 5.69 Å². The summed E-state index contributed by atoms with van der Waals surface area (Å²) in [5.74, 6) is 0.0304. The summed E-state index contributed by atoms with van der Waals surface area (Å²) in [6.45, 7) is 7.64. The predicted molar refractivity (Wildman–Crippen MR) is 102 cm³/mol. The van der Waals surface area contributed by atoms with Crippen molar-refractivity contribution in [3.05, 3.63) is 59.0 Å². The number of aryl methyl sites for hydroxylation is 3. The molecule has 0 N–H and O–H groups in total. The van der Waals surface area contributed by atoms with Crippen LogP contribution in [0.1, 0.15) is 40.3 Å². The van der Waals surface area contributed by atoms with Gasteiger partial charge in [0.05, 0.1) is 23.8 Å². The SMILES string of the molecule is Cc1cc(C)n(C[C@@H]2CCCN2C(=O)c2cc(C)c3ccccc3n2)n1. The molecule has 0 bridgehead atoms. The summed E-state index contributed by atoms with van der Waals surface area (Å²) in [5.41, 5.74) is 4.67. The monoisotopic (exact) mass is 348 g/mol. The molecule has 1 fully saturated rings. The number of hydrogen-bond donors (Lipinski definition) is 0. The number of hydrogen-bond acceptors (Lipinski definition) is 3. The van der Waals surface area contributed by atoms with E-state index < -0.39 is 0 Å². The normalized spacial score (nSPS) is 17.2. The Bertz CT molecular complexity index is 975. The van der Waals surface area contributed by atoms with Crippen LogP contribution in [0, 0.1) is 20.8 Å². The van der Waals surface area contributed by atoms with Crippen LogP contribution < -0.4 is 0 Å². The molecule has 5 heteroatoms. The summed E-state index contributed by atoms with van der Waals surface area (Å²) in [5, 5.41) is 5.66. The number of amides is 1. The third-order valence-corrected chi connectivity index (χ3v) is 5.27. The highest BCUT2D eigenvalue weighted by molar-refractivity contribution is 5.96. The molecule has 1 aliphatic rings. The fraction of sp³-hybridized carbons (Fsp3) is 0.381. The second-order valence-corrected chi connectivity index (χ2v) is 7.25.